The largest absolute Gasteiger partial charge is 0.298 e. The molecular formula is C21H22N4OS. The van der Waals surface area contributed by atoms with Gasteiger partial charge in [-0.3, -0.25) is 15.1 Å². The Balaban J connectivity index is 2.00. The normalized spacial score (nSPS) is 18.3. The van der Waals surface area contributed by atoms with Crippen LogP contribution in [-0.4, -0.2) is 21.8 Å². The van der Waals surface area contributed by atoms with Gasteiger partial charge in [0.2, 0.25) is 0 Å². The topological polar surface area (TPSA) is 57.1 Å². The number of fused-ring (bicyclic) bond motifs is 2. The zero-order chi connectivity index (χ0) is 19.1. The molecule has 1 N–H and O–H groups in total. The van der Waals surface area contributed by atoms with Crippen LogP contribution in [0.15, 0.2) is 46.5 Å². The quantitative estimate of drug-likeness (QED) is 0.874. The van der Waals surface area contributed by atoms with Gasteiger partial charge in [0.1, 0.15) is 5.70 Å². The van der Waals surface area contributed by atoms with Crippen LogP contribution >= 0.6 is 11.8 Å². The fraction of sp³-hybridized carbons (Fsp3) is 0.286. The summed E-state index contributed by atoms with van der Waals surface area (Å²) in [7, 11) is 0. The van der Waals surface area contributed by atoms with Crippen molar-refractivity contribution in [3.63, 3.8) is 0 Å². The summed E-state index contributed by atoms with van der Waals surface area (Å²) < 4.78 is 0. The molecule has 1 amide bonds. The van der Waals surface area contributed by atoms with Crippen molar-refractivity contribution in [2.24, 2.45) is 10.1 Å². The zero-order valence-corrected chi connectivity index (χ0v) is 16.7. The molecule has 0 aliphatic carbocycles. The second-order valence-corrected chi connectivity index (χ2v) is 8.07. The van der Waals surface area contributed by atoms with Crippen molar-refractivity contribution in [3.05, 3.63) is 69.2 Å². The van der Waals surface area contributed by atoms with Gasteiger partial charge < -0.3 is 0 Å². The first kappa shape index (κ1) is 17.8. The highest BCUT2D eigenvalue weighted by Gasteiger charge is 2.35. The molecule has 2 heterocycles. The molecular weight excluding hydrogens is 356 g/mol. The average Bonchev–Trinajstić information content (AvgIpc) is 2.61. The summed E-state index contributed by atoms with van der Waals surface area (Å²) in [4.78, 5) is 17.9. The first-order valence-electron chi connectivity index (χ1n) is 9.06. The maximum atomic E-state index is 13.0. The molecule has 2 aromatic rings. The smallest absolute Gasteiger partial charge is 0.276 e. The van der Waals surface area contributed by atoms with E-state index in [4.69, 9.17) is 10.1 Å². The van der Waals surface area contributed by atoms with Crippen molar-refractivity contribution in [2.45, 2.75) is 33.9 Å². The molecule has 6 heteroatoms. The Bertz CT molecular complexity index is 1070. The van der Waals surface area contributed by atoms with E-state index in [2.05, 4.69) is 38.2 Å². The lowest BCUT2D eigenvalue weighted by molar-refractivity contribution is -0.116. The SMILES string of the molecule is CCSC1=NN2C(=c3ccccc3=N[C@@H]2c2c(C)cc(C)cc2C)C(=O)N1. The Morgan fingerprint density at radius 2 is 1.85 bits per heavy atom. The van der Waals surface area contributed by atoms with E-state index >= 15 is 0 Å². The molecule has 0 saturated carbocycles. The standard InChI is InChI=1S/C21H22N4OS/c1-5-27-21-23-20(26)18-15-8-6-7-9-16(15)22-19(25(18)24-21)17-13(3)10-12(2)11-14(17)4/h6-11,19H,5H2,1-4H3,(H,23,24,26)/t19-/m0/s1. The molecule has 0 saturated heterocycles. The molecule has 2 aliphatic heterocycles. The minimum absolute atomic E-state index is 0.129. The third-order valence-corrected chi connectivity index (χ3v) is 5.54. The van der Waals surface area contributed by atoms with Crippen molar-refractivity contribution >= 4 is 28.5 Å². The van der Waals surface area contributed by atoms with Crippen LogP contribution in [0.25, 0.3) is 5.70 Å². The lowest BCUT2D eigenvalue weighted by atomic mass is 9.96. The number of benzene rings is 2. The van der Waals surface area contributed by atoms with E-state index in [1.54, 1.807) is 5.01 Å². The summed E-state index contributed by atoms with van der Waals surface area (Å²) >= 11 is 1.52. The second-order valence-electron chi connectivity index (χ2n) is 6.82. The molecule has 5 nitrogen and oxygen atoms in total. The third kappa shape index (κ3) is 3.04. The van der Waals surface area contributed by atoms with Gasteiger partial charge >= 0.3 is 0 Å². The van der Waals surface area contributed by atoms with Gasteiger partial charge in [-0.25, -0.2) is 5.01 Å². The maximum Gasteiger partial charge on any atom is 0.276 e. The molecule has 27 heavy (non-hydrogen) atoms. The number of amides is 1. The average molecular weight is 379 g/mol. The molecule has 138 valence electrons. The van der Waals surface area contributed by atoms with Gasteiger partial charge in [0, 0.05) is 10.8 Å². The van der Waals surface area contributed by atoms with Crippen molar-refractivity contribution in [1.29, 1.82) is 0 Å². The molecule has 0 spiro atoms. The Morgan fingerprint density at radius 3 is 2.56 bits per heavy atom. The predicted molar refractivity (Wildman–Crippen MR) is 110 cm³/mol. The van der Waals surface area contributed by atoms with Gasteiger partial charge in [-0.15, -0.1) is 5.10 Å². The summed E-state index contributed by atoms with van der Waals surface area (Å²) in [6.07, 6.45) is -0.353. The van der Waals surface area contributed by atoms with Crippen molar-refractivity contribution in [2.75, 3.05) is 5.75 Å². The van der Waals surface area contributed by atoms with E-state index in [1.807, 2.05) is 31.2 Å². The van der Waals surface area contributed by atoms with Crippen LogP contribution in [0.2, 0.25) is 0 Å². The number of carbonyl (C=O) groups excluding carboxylic acids is 1. The van der Waals surface area contributed by atoms with Gasteiger partial charge in [-0.05, 0) is 43.7 Å². The highest BCUT2D eigenvalue weighted by molar-refractivity contribution is 8.13. The van der Waals surface area contributed by atoms with E-state index in [9.17, 15) is 4.79 Å². The molecule has 1 atom stereocenters. The van der Waals surface area contributed by atoms with E-state index in [0.29, 0.717) is 10.9 Å². The van der Waals surface area contributed by atoms with Gasteiger partial charge in [-0.2, -0.15) is 0 Å². The van der Waals surface area contributed by atoms with Crippen LogP contribution in [0, 0.1) is 20.8 Å². The zero-order valence-electron chi connectivity index (χ0n) is 15.9. The number of hydrazone groups is 1. The minimum atomic E-state index is -0.353. The molecule has 4 rings (SSSR count). The number of aryl methyl sites for hydroxylation is 3. The summed E-state index contributed by atoms with van der Waals surface area (Å²) in [5.74, 6) is 0.708. The number of para-hydroxylation sites is 1. The van der Waals surface area contributed by atoms with Crippen molar-refractivity contribution < 1.29 is 4.79 Å². The van der Waals surface area contributed by atoms with E-state index < -0.39 is 0 Å². The van der Waals surface area contributed by atoms with Crippen LogP contribution in [0.1, 0.15) is 35.3 Å². The lowest BCUT2D eigenvalue weighted by Crippen LogP contribution is -2.50. The fourth-order valence-electron chi connectivity index (χ4n) is 3.82. The number of carbonyl (C=O) groups is 1. The molecule has 0 aromatic heterocycles. The molecule has 0 unspecified atom stereocenters. The van der Waals surface area contributed by atoms with Crippen molar-refractivity contribution in [3.8, 4) is 0 Å². The summed E-state index contributed by atoms with van der Waals surface area (Å²) in [5.41, 5.74) is 5.20. The first-order valence-corrected chi connectivity index (χ1v) is 10.0. The van der Waals surface area contributed by atoms with Gasteiger partial charge in [0.05, 0.1) is 5.36 Å². The molecule has 2 aromatic carbocycles. The number of nitrogens with zero attached hydrogens (tertiary/aromatic N) is 3. The summed E-state index contributed by atoms with van der Waals surface area (Å²) in [6, 6.07) is 12.1. The predicted octanol–water partition coefficient (Wildman–Crippen LogP) is 2.51. The number of amidine groups is 1. The van der Waals surface area contributed by atoms with Crippen LogP contribution in [-0.2, 0) is 4.79 Å². The van der Waals surface area contributed by atoms with Gasteiger partial charge in [-0.1, -0.05) is 54.6 Å². The van der Waals surface area contributed by atoms with E-state index in [-0.39, 0.29) is 12.1 Å². The Hall–Kier alpha value is -2.60. The van der Waals surface area contributed by atoms with Crippen molar-refractivity contribution in [1.82, 2.24) is 10.3 Å². The monoisotopic (exact) mass is 378 g/mol. The highest BCUT2D eigenvalue weighted by atomic mass is 32.2. The van der Waals surface area contributed by atoms with E-state index in [1.165, 1.54) is 17.3 Å². The minimum Gasteiger partial charge on any atom is -0.298 e. The number of rotatable bonds is 2. The number of hydrogen-bond donors (Lipinski definition) is 1. The molecule has 0 fully saturated rings. The van der Waals surface area contributed by atoms with Crippen LogP contribution in [0.5, 0.6) is 0 Å². The van der Waals surface area contributed by atoms with Crippen LogP contribution < -0.4 is 15.9 Å². The number of hydrogen-bond acceptors (Lipinski definition) is 5. The van der Waals surface area contributed by atoms with E-state index in [0.717, 1.165) is 33.0 Å². The highest BCUT2D eigenvalue weighted by Crippen LogP contribution is 2.34. The molecule has 0 bridgehead atoms. The Kier molecular flexibility index (Phi) is 4.52. The summed E-state index contributed by atoms with van der Waals surface area (Å²) in [5, 5.41) is 11.7. The number of thioether (sulfide) groups is 1. The Labute approximate surface area is 162 Å². The first-order chi connectivity index (χ1) is 13.0. The second kappa shape index (κ2) is 6.85. The maximum absolute atomic E-state index is 13.0. The third-order valence-electron chi connectivity index (χ3n) is 4.79. The molecule has 0 radical (unpaired) electrons. The summed E-state index contributed by atoms with van der Waals surface area (Å²) in [6.45, 7) is 8.33. The van der Waals surface area contributed by atoms with Gasteiger partial charge in [0.25, 0.3) is 5.91 Å². The lowest BCUT2D eigenvalue weighted by Gasteiger charge is -2.35. The van der Waals surface area contributed by atoms with Crippen LogP contribution in [0.3, 0.4) is 0 Å². The Morgan fingerprint density at radius 1 is 1.15 bits per heavy atom. The van der Waals surface area contributed by atoms with Gasteiger partial charge in [0.15, 0.2) is 11.3 Å². The molecule has 2 aliphatic rings. The van der Waals surface area contributed by atoms with Crippen LogP contribution in [0.4, 0.5) is 0 Å². The fourth-order valence-corrected chi connectivity index (χ4v) is 4.40. The number of nitrogens with one attached hydrogen (secondary N) is 1.